The van der Waals surface area contributed by atoms with Crippen molar-refractivity contribution in [2.24, 2.45) is 0 Å². The molecule has 8 nitrogen and oxygen atoms in total. The number of quaternary nitrogens is 1. The van der Waals surface area contributed by atoms with Gasteiger partial charge in [-0.05, 0) is 44.9 Å². The number of hydrogen-bond donors (Lipinski definition) is 3. The van der Waals surface area contributed by atoms with Gasteiger partial charge in [0.25, 0.3) is 0 Å². The van der Waals surface area contributed by atoms with E-state index in [1.807, 2.05) is 21.1 Å². The summed E-state index contributed by atoms with van der Waals surface area (Å²) in [6.07, 6.45) is 72.6. The van der Waals surface area contributed by atoms with Gasteiger partial charge < -0.3 is 19.8 Å². The highest BCUT2D eigenvalue weighted by Crippen LogP contribution is 2.43. The number of carbonyl (C=O) groups excluding carboxylic acids is 1. The van der Waals surface area contributed by atoms with E-state index in [-0.39, 0.29) is 19.1 Å². The molecule has 0 saturated heterocycles. The van der Waals surface area contributed by atoms with Crippen molar-refractivity contribution >= 4 is 13.7 Å². The number of phosphoric ester groups is 1. The third-order valence-electron chi connectivity index (χ3n) is 15.2. The van der Waals surface area contributed by atoms with Crippen LogP contribution in [0.4, 0.5) is 0 Å². The van der Waals surface area contributed by atoms with Gasteiger partial charge in [-0.2, -0.15) is 0 Å². The van der Waals surface area contributed by atoms with Gasteiger partial charge in [-0.25, -0.2) is 4.57 Å². The topological polar surface area (TPSA) is 105 Å². The fourth-order valence-corrected chi connectivity index (χ4v) is 10.8. The number of hydrogen-bond acceptors (Lipinski definition) is 5. The molecule has 0 fully saturated rings. The quantitative estimate of drug-likeness (QED) is 0.0243. The highest BCUT2D eigenvalue weighted by atomic mass is 31.2. The van der Waals surface area contributed by atoms with Crippen LogP contribution in [0.3, 0.4) is 0 Å². The lowest BCUT2D eigenvalue weighted by Crippen LogP contribution is -2.46. The van der Waals surface area contributed by atoms with Crippen LogP contribution in [0, 0.1) is 0 Å². The van der Waals surface area contributed by atoms with E-state index < -0.39 is 20.0 Å². The van der Waals surface area contributed by atoms with E-state index in [1.54, 1.807) is 0 Å². The molecule has 0 aliphatic rings. The minimum Gasteiger partial charge on any atom is -0.391 e. The molecule has 0 saturated carbocycles. The Balaban J connectivity index is 4.07. The first kappa shape index (κ1) is 73.0. The second kappa shape index (κ2) is 56.7. The fraction of sp³-hybridized carbons (Fsp3) is 0.923. The number of rotatable bonds is 61. The fourth-order valence-electron chi connectivity index (χ4n) is 10.1. The molecular formula is C65H130N2O6P+. The highest BCUT2D eigenvalue weighted by molar-refractivity contribution is 7.47. The summed E-state index contributed by atoms with van der Waals surface area (Å²) in [6, 6.07) is -0.761. The van der Waals surface area contributed by atoms with Crippen LogP contribution in [0.2, 0.25) is 0 Å². The van der Waals surface area contributed by atoms with Gasteiger partial charge in [0, 0.05) is 6.42 Å². The first-order valence-electron chi connectivity index (χ1n) is 32.7. The zero-order chi connectivity index (χ0) is 54.2. The molecule has 3 unspecified atom stereocenters. The number of nitrogens with zero attached hydrogens (tertiary/aromatic N) is 1. The van der Waals surface area contributed by atoms with Crippen molar-refractivity contribution < 1.29 is 32.9 Å². The second-order valence-electron chi connectivity index (χ2n) is 23.9. The van der Waals surface area contributed by atoms with E-state index in [9.17, 15) is 19.4 Å². The Bertz CT molecular complexity index is 1260. The molecule has 9 heteroatoms. The summed E-state index contributed by atoms with van der Waals surface area (Å²) in [5, 5.41) is 14.1. The molecule has 0 aromatic rings. The van der Waals surface area contributed by atoms with Crippen LogP contribution in [0.15, 0.2) is 24.3 Å². The van der Waals surface area contributed by atoms with Crippen molar-refractivity contribution in [1.29, 1.82) is 0 Å². The minimum atomic E-state index is -4.33. The van der Waals surface area contributed by atoms with Crippen LogP contribution in [0.25, 0.3) is 0 Å². The zero-order valence-corrected chi connectivity index (χ0v) is 51.3. The van der Waals surface area contributed by atoms with E-state index in [4.69, 9.17) is 9.05 Å². The summed E-state index contributed by atoms with van der Waals surface area (Å²) in [6.45, 7) is 4.94. The average molecular weight is 1070 g/mol. The first-order valence-corrected chi connectivity index (χ1v) is 34.2. The number of nitrogens with one attached hydrogen (secondary N) is 1. The predicted molar refractivity (Wildman–Crippen MR) is 323 cm³/mol. The number of carbonyl (C=O) groups is 1. The van der Waals surface area contributed by atoms with Crippen LogP contribution in [0.1, 0.15) is 335 Å². The summed E-state index contributed by atoms with van der Waals surface area (Å²) >= 11 is 0. The van der Waals surface area contributed by atoms with Gasteiger partial charge in [-0.1, -0.05) is 308 Å². The number of aliphatic hydroxyl groups is 1. The Morgan fingerprint density at radius 1 is 0.459 bits per heavy atom. The first-order chi connectivity index (χ1) is 36.0. The largest absolute Gasteiger partial charge is 0.472 e. The maximum Gasteiger partial charge on any atom is 0.472 e. The van der Waals surface area contributed by atoms with E-state index in [0.717, 1.165) is 44.9 Å². The lowest BCUT2D eigenvalue weighted by Gasteiger charge is -2.26. The molecule has 0 heterocycles. The minimum absolute atomic E-state index is 0.0764. The number of amides is 1. The van der Waals surface area contributed by atoms with Crippen molar-refractivity contribution in [3.8, 4) is 0 Å². The van der Waals surface area contributed by atoms with E-state index >= 15 is 0 Å². The third kappa shape index (κ3) is 58.7. The van der Waals surface area contributed by atoms with Gasteiger partial charge >= 0.3 is 7.82 Å². The van der Waals surface area contributed by atoms with E-state index in [1.165, 1.54) is 263 Å². The molecule has 440 valence electrons. The molecular weight excluding hydrogens is 936 g/mol. The third-order valence-corrected chi connectivity index (χ3v) is 16.2. The Kier molecular flexibility index (Phi) is 55.9. The van der Waals surface area contributed by atoms with Crippen LogP contribution < -0.4 is 5.32 Å². The molecule has 0 rings (SSSR count). The van der Waals surface area contributed by atoms with Gasteiger partial charge in [-0.3, -0.25) is 13.8 Å². The molecule has 0 radical (unpaired) electrons. The number of likely N-dealkylation sites (N-methyl/N-ethyl adjacent to an activating group) is 1. The maximum absolute atomic E-state index is 13.0. The van der Waals surface area contributed by atoms with Crippen LogP contribution in [0.5, 0.6) is 0 Å². The Hall–Kier alpha value is -1.02. The summed E-state index contributed by atoms with van der Waals surface area (Å²) < 4.78 is 23.9. The van der Waals surface area contributed by atoms with E-state index in [2.05, 4.69) is 43.5 Å². The van der Waals surface area contributed by atoms with Crippen LogP contribution in [-0.4, -0.2) is 73.4 Å². The molecule has 3 N–H and O–H groups in total. The lowest BCUT2D eigenvalue weighted by atomic mass is 10.0. The summed E-state index contributed by atoms with van der Waals surface area (Å²) in [5.41, 5.74) is 0. The SMILES string of the molecule is CCCCCCCCCCC/C=C\C/C=C\CCCCCCCCCCCCCCCC(=O)NC(COP(=O)(O)OCC[N+](C)(C)C)C(O)CCCCCCCCCCCCCCCCCCCCCCCCC. The van der Waals surface area contributed by atoms with Gasteiger partial charge in [0.15, 0.2) is 0 Å². The Labute approximate surface area is 462 Å². The zero-order valence-electron chi connectivity index (χ0n) is 50.4. The van der Waals surface area contributed by atoms with Crippen molar-refractivity contribution in [1.82, 2.24) is 5.32 Å². The maximum atomic E-state index is 13.0. The number of allylic oxidation sites excluding steroid dienone is 4. The van der Waals surface area contributed by atoms with Crippen molar-refractivity contribution in [2.45, 2.75) is 347 Å². The van der Waals surface area contributed by atoms with E-state index in [0.29, 0.717) is 23.9 Å². The average Bonchev–Trinajstić information content (AvgIpc) is 3.36. The predicted octanol–water partition coefficient (Wildman–Crippen LogP) is 20.3. The lowest BCUT2D eigenvalue weighted by molar-refractivity contribution is -0.870. The number of aliphatic hydroxyl groups excluding tert-OH is 1. The number of unbranched alkanes of at least 4 members (excludes halogenated alkanes) is 44. The van der Waals surface area contributed by atoms with Crippen molar-refractivity contribution in [2.75, 3.05) is 40.9 Å². The molecule has 0 spiro atoms. The second-order valence-corrected chi connectivity index (χ2v) is 25.3. The summed E-state index contributed by atoms with van der Waals surface area (Å²) in [5.74, 6) is -0.139. The highest BCUT2D eigenvalue weighted by Gasteiger charge is 2.28. The Morgan fingerprint density at radius 2 is 0.770 bits per heavy atom. The van der Waals surface area contributed by atoms with Gasteiger partial charge in [0.2, 0.25) is 5.91 Å². The molecule has 0 aliphatic carbocycles. The molecule has 0 bridgehead atoms. The monoisotopic (exact) mass is 1070 g/mol. The summed E-state index contributed by atoms with van der Waals surface area (Å²) in [4.78, 5) is 23.4. The smallest absolute Gasteiger partial charge is 0.391 e. The van der Waals surface area contributed by atoms with Crippen LogP contribution >= 0.6 is 7.82 Å². The van der Waals surface area contributed by atoms with Gasteiger partial charge in [-0.15, -0.1) is 0 Å². The molecule has 3 atom stereocenters. The number of phosphoric acid groups is 1. The molecule has 0 aromatic carbocycles. The Morgan fingerprint density at radius 3 is 1.11 bits per heavy atom. The molecule has 0 aromatic heterocycles. The van der Waals surface area contributed by atoms with Gasteiger partial charge in [0.05, 0.1) is 39.9 Å². The van der Waals surface area contributed by atoms with Crippen LogP contribution in [-0.2, 0) is 18.4 Å². The molecule has 1 amide bonds. The van der Waals surface area contributed by atoms with Crippen molar-refractivity contribution in [3.05, 3.63) is 24.3 Å². The normalized spacial score (nSPS) is 13.9. The van der Waals surface area contributed by atoms with Gasteiger partial charge in [0.1, 0.15) is 13.2 Å². The summed E-state index contributed by atoms with van der Waals surface area (Å²) in [7, 11) is 1.63. The molecule has 0 aliphatic heterocycles. The van der Waals surface area contributed by atoms with Crippen molar-refractivity contribution in [3.63, 3.8) is 0 Å². The molecule has 74 heavy (non-hydrogen) atoms. The standard InChI is InChI=1S/C65H129N2O6P/c1-6-8-10-12-14-16-18-20-22-24-26-28-30-31-32-33-34-35-37-39-41-43-45-47-49-51-53-55-57-59-65(69)66-63(62-73-74(70,71)72-61-60-67(3,4)5)64(68)58-56-54-52-50-48-46-44-42-40-38-36-29-27-25-23-21-19-17-15-13-11-9-7-2/h26,28,31-32,63-64,68H,6-25,27,29-30,33-62H2,1-5H3,(H-,66,69,70,71)/p+1/b28-26-,32-31-.